The van der Waals surface area contributed by atoms with Gasteiger partial charge in [0, 0.05) is 38.3 Å². The molecule has 0 bridgehead atoms. The van der Waals surface area contributed by atoms with Crippen molar-refractivity contribution in [3.8, 4) is 11.1 Å². The van der Waals surface area contributed by atoms with E-state index in [9.17, 15) is 9.18 Å². The Kier molecular flexibility index (Phi) is 7.74. The Bertz CT molecular complexity index is 1040. The Morgan fingerprint density at radius 1 is 0.879 bits per heavy atom. The molecule has 1 aliphatic rings. The van der Waals surface area contributed by atoms with E-state index < -0.39 is 0 Å². The normalized spacial score (nSPS) is 14.3. The zero-order valence-corrected chi connectivity index (χ0v) is 19.3. The number of hydrogen-bond acceptors (Lipinski definition) is 3. The molecule has 172 valence electrons. The zero-order valence-electron chi connectivity index (χ0n) is 19.3. The van der Waals surface area contributed by atoms with Crippen LogP contribution in [0, 0.1) is 12.7 Å². The van der Waals surface area contributed by atoms with Crippen LogP contribution in [0.25, 0.3) is 11.1 Å². The maximum Gasteiger partial charge on any atom is 0.251 e. The molecule has 4 nitrogen and oxygen atoms in total. The molecular weight excluding hydrogens is 413 g/mol. The highest BCUT2D eigenvalue weighted by Crippen LogP contribution is 2.27. The third-order valence-electron chi connectivity index (χ3n) is 6.27. The lowest BCUT2D eigenvalue weighted by molar-refractivity contribution is 0.0952. The molecule has 0 aromatic heterocycles. The number of benzene rings is 3. The van der Waals surface area contributed by atoms with Gasteiger partial charge >= 0.3 is 0 Å². The van der Waals surface area contributed by atoms with Crippen LogP contribution in [0.3, 0.4) is 0 Å². The minimum absolute atomic E-state index is 0.0103. The third-order valence-corrected chi connectivity index (χ3v) is 6.27. The Morgan fingerprint density at radius 3 is 2.30 bits per heavy atom. The van der Waals surface area contributed by atoms with E-state index in [2.05, 4.69) is 15.1 Å². The second-order valence-electron chi connectivity index (χ2n) is 8.69. The second-order valence-corrected chi connectivity index (χ2v) is 8.69. The SMILES string of the molecule is Cc1ccc(C(=O)NCCCCN2CCN(c3ccc(-c4ccccc4)cc3F)CC2)cc1. The van der Waals surface area contributed by atoms with E-state index in [1.165, 1.54) is 0 Å². The Morgan fingerprint density at radius 2 is 1.61 bits per heavy atom. The average molecular weight is 446 g/mol. The molecule has 1 heterocycles. The lowest BCUT2D eigenvalue weighted by Crippen LogP contribution is -2.47. The quantitative estimate of drug-likeness (QED) is 0.488. The fourth-order valence-electron chi connectivity index (χ4n) is 4.26. The molecule has 1 N–H and O–H groups in total. The lowest BCUT2D eigenvalue weighted by Gasteiger charge is -2.36. The Labute approximate surface area is 196 Å². The first-order valence-electron chi connectivity index (χ1n) is 11.8. The number of amides is 1. The first-order chi connectivity index (χ1) is 16.1. The fraction of sp³-hybridized carbons (Fsp3) is 0.321. The maximum absolute atomic E-state index is 14.8. The van der Waals surface area contributed by atoms with Gasteiger partial charge in [0.25, 0.3) is 5.91 Å². The highest BCUT2D eigenvalue weighted by Gasteiger charge is 2.19. The standard InChI is InChI=1S/C28H32FN3O/c1-22-9-11-24(12-10-22)28(33)30-15-5-6-16-31-17-19-32(20-18-31)27-14-13-25(21-26(27)29)23-7-3-2-4-8-23/h2-4,7-14,21H,5-6,15-20H2,1H3,(H,30,33). The molecule has 1 amide bonds. The number of carbonyl (C=O) groups excluding carboxylic acids is 1. The molecule has 0 atom stereocenters. The molecule has 33 heavy (non-hydrogen) atoms. The number of piperazine rings is 1. The molecule has 0 saturated carbocycles. The fourth-order valence-corrected chi connectivity index (χ4v) is 4.26. The zero-order chi connectivity index (χ0) is 23.0. The van der Waals surface area contributed by atoms with Crippen LogP contribution in [0.4, 0.5) is 10.1 Å². The summed E-state index contributed by atoms with van der Waals surface area (Å²) in [4.78, 5) is 16.7. The molecule has 1 saturated heterocycles. The molecule has 1 fully saturated rings. The summed E-state index contributed by atoms with van der Waals surface area (Å²) in [5.41, 5.74) is 4.49. The van der Waals surface area contributed by atoms with Crippen LogP contribution in [0.2, 0.25) is 0 Å². The van der Waals surface area contributed by atoms with Crippen LogP contribution in [0.5, 0.6) is 0 Å². The van der Waals surface area contributed by atoms with Crippen molar-refractivity contribution < 1.29 is 9.18 Å². The minimum Gasteiger partial charge on any atom is -0.367 e. The maximum atomic E-state index is 14.8. The van der Waals surface area contributed by atoms with E-state index in [1.807, 2.05) is 73.7 Å². The molecule has 5 heteroatoms. The third kappa shape index (κ3) is 6.20. The highest BCUT2D eigenvalue weighted by atomic mass is 19.1. The van der Waals surface area contributed by atoms with Crippen molar-refractivity contribution in [2.75, 3.05) is 44.2 Å². The largest absolute Gasteiger partial charge is 0.367 e. The van der Waals surface area contributed by atoms with Crippen molar-refractivity contribution in [1.82, 2.24) is 10.2 Å². The number of halogens is 1. The summed E-state index contributed by atoms with van der Waals surface area (Å²) >= 11 is 0. The van der Waals surface area contributed by atoms with E-state index in [0.717, 1.165) is 62.3 Å². The predicted octanol–water partition coefficient (Wildman–Crippen LogP) is 5.13. The summed E-state index contributed by atoms with van der Waals surface area (Å²) in [6.45, 7) is 7.21. The molecule has 0 spiro atoms. The Hall–Kier alpha value is -3.18. The first-order valence-corrected chi connectivity index (χ1v) is 11.8. The van der Waals surface area contributed by atoms with Crippen molar-refractivity contribution in [3.63, 3.8) is 0 Å². The number of aryl methyl sites for hydroxylation is 1. The van der Waals surface area contributed by atoms with Gasteiger partial charge in [0.05, 0.1) is 5.69 Å². The summed E-state index contributed by atoms with van der Waals surface area (Å²) in [6.07, 6.45) is 1.99. The van der Waals surface area contributed by atoms with Gasteiger partial charge in [0.15, 0.2) is 0 Å². The number of nitrogens with one attached hydrogen (secondary N) is 1. The van der Waals surface area contributed by atoms with E-state index in [0.29, 0.717) is 17.8 Å². The van der Waals surface area contributed by atoms with Crippen LogP contribution in [0.15, 0.2) is 72.8 Å². The highest BCUT2D eigenvalue weighted by molar-refractivity contribution is 5.94. The van der Waals surface area contributed by atoms with Crippen molar-refractivity contribution in [3.05, 3.63) is 89.7 Å². The topological polar surface area (TPSA) is 35.6 Å². The van der Waals surface area contributed by atoms with Crippen LogP contribution in [0.1, 0.15) is 28.8 Å². The van der Waals surface area contributed by atoms with E-state index in [-0.39, 0.29) is 11.7 Å². The summed E-state index contributed by atoms with van der Waals surface area (Å²) in [7, 11) is 0. The van der Waals surface area contributed by atoms with Gasteiger partial charge in [0.2, 0.25) is 0 Å². The molecular formula is C28H32FN3O. The van der Waals surface area contributed by atoms with Gasteiger partial charge in [-0.1, -0.05) is 54.1 Å². The molecule has 1 aliphatic heterocycles. The number of unbranched alkanes of at least 4 members (excludes halogenated alkanes) is 1. The van der Waals surface area contributed by atoms with Crippen molar-refractivity contribution in [2.24, 2.45) is 0 Å². The monoisotopic (exact) mass is 445 g/mol. The van der Waals surface area contributed by atoms with Gasteiger partial charge in [-0.05, 0) is 61.7 Å². The average Bonchev–Trinajstić information content (AvgIpc) is 2.85. The second kappa shape index (κ2) is 11.1. The first kappa shape index (κ1) is 23.0. The number of rotatable bonds is 8. The van der Waals surface area contributed by atoms with Crippen LogP contribution >= 0.6 is 0 Å². The molecule has 0 unspecified atom stereocenters. The number of carbonyl (C=O) groups is 1. The number of hydrogen-bond donors (Lipinski definition) is 1. The molecule has 3 aromatic carbocycles. The van der Waals surface area contributed by atoms with Gasteiger partial charge in [-0.2, -0.15) is 0 Å². The van der Waals surface area contributed by atoms with E-state index in [4.69, 9.17) is 0 Å². The molecule has 0 radical (unpaired) electrons. The van der Waals surface area contributed by atoms with E-state index in [1.54, 1.807) is 6.07 Å². The Balaban J connectivity index is 1.17. The predicted molar refractivity (Wildman–Crippen MR) is 133 cm³/mol. The van der Waals surface area contributed by atoms with Crippen molar-refractivity contribution in [1.29, 1.82) is 0 Å². The molecule has 3 aromatic rings. The van der Waals surface area contributed by atoms with E-state index >= 15 is 0 Å². The summed E-state index contributed by atoms with van der Waals surface area (Å²) in [5.74, 6) is -0.168. The smallest absolute Gasteiger partial charge is 0.251 e. The summed E-state index contributed by atoms with van der Waals surface area (Å²) < 4.78 is 14.8. The van der Waals surface area contributed by atoms with Crippen LogP contribution in [-0.4, -0.2) is 50.1 Å². The van der Waals surface area contributed by atoms with Gasteiger partial charge in [0.1, 0.15) is 5.82 Å². The van der Waals surface area contributed by atoms with Gasteiger partial charge < -0.3 is 10.2 Å². The van der Waals surface area contributed by atoms with Crippen molar-refractivity contribution in [2.45, 2.75) is 19.8 Å². The van der Waals surface area contributed by atoms with Crippen LogP contribution in [-0.2, 0) is 0 Å². The number of anilines is 1. The number of nitrogens with zero attached hydrogens (tertiary/aromatic N) is 2. The molecule has 0 aliphatic carbocycles. The van der Waals surface area contributed by atoms with Gasteiger partial charge in [-0.15, -0.1) is 0 Å². The van der Waals surface area contributed by atoms with Gasteiger partial charge in [-0.3, -0.25) is 9.69 Å². The van der Waals surface area contributed by atoms with Crippen LogP contribution < -0.4 is 10.2 Å². The lowest BCUT2D eigenvalue weighted by atomic mass is 10.0. The summed E-state index contributed by atoms with van der Waals surface area (Å²) in [6, 6.07) is 23.1. The minimum atomic E-state index is -0.158. The van der Waals surface area contributed by atoms with Gasteiger partial charge in [-0.25, -0.2) is 4.39 Å². The molecule has 4 rings (SSSR count). The summed E-state index contributed by atoms with van der Waals surface area (Å²) in [5, 5.41) is 3.00. The van der Waals surface area contributed by atoms with Crippen molar-refractivity contribution >= 4 is 11.6 Å².